The van der Waals surface area contributed by atoms with E-state index in [4.69, 9.17) is 10.2 Å². The van der Waals surface area contributed by atoms with Gasteiger partial charge in [-0.05, 0) is 61.7 Å². The first-order valence-corrected chi connectivity index (χ1v) is 10.0. The largest absolute Gasteiger partial charge is 0.423 e. The van der Waals surface area contributed by atoms with Gasteiger partial charge in [0.15, 0.2) is 0 Å². The molecule has 146 valence electrons. The number of unbranched alkanes of at least 4 members (excludes halogenated alkanes) is 1. The third kappa shape index (κ3) is 4.20. The molecule has 0 spiro atoms. The molecule has 1 fully saturated rings. The van der Waals surface area contributed by atoms with Crippen molar-refractivity contribution in [3.63, 3.8) is 0 Å². The van der Waals surface area contributed by atoms with Crippen LogP contribution in [0.1, 0.15) is 18.4 Å². The smallest absolute Gasteiger partial charge is 0.336 e. The average molecular weight is 377 g/mol. The maximum atomic E-state index is 11.4. The molecule has 5 nitrogen and oxygen atoms in total. The van der Waals surface area contributed by atoms with E-state index in [-0.39, 0.29) is 5.63 Å². The third-order valence-corrected chi connectivity index (χ3v) is 5.59. The molecule has 1 saturated heterocycles. The van der Waals surface area contributed by atoms with Gasteiger partial charge in [-0.15, -0.1) is 0 Å². The molecule has 0 radical (unpaired) electrons. The molecule has 2 aromatic carbocycles. The summed E-state index contributed by atoms with van der Waals surface area (Å²) in [5, 5.41) is 0.955. The Morgan fingerprint density at radius 2 is 1.68 bits per heavy atom. The lowest BCUT2D eigenvalue weighted by Crippen LogP contribution is -2.46. The van der Waals surface area contributed by atoms with E-state index < -0.39 is 0 Å². The van der Waals surface area contributed by atoms with Gasteiger partial charge < -0.3 is 15.1 Å². The monoisotopic (exact) mass is 377 g/mol. The molecular formula is C23H27N3O2. The standard InChI is InChI=1S/C23H27N3O2/c24-21-10-11-22-20(9-12-23(27)28-22)19(21)8-4-5-13-25-14-16-26(17-15-25)18-6-2-1-3-7-18/h1-3,6-7,9-12H,4-5,8,13-17,24H2. The second-order valence-corrected chi connectivity index (χ2v) is 7.42. The quantitative estimate of drug-likeness (QED) is 0.405. The number of para-hydroxylation sites is 1. The van der Waals surface area contributed by atoms with E-state index in [0.29, 0.717) is 5.58 Å². The molecule has 0 saturated carbocycles. The van der Waals surface area contributed by atoms with Crippen LogP contribution in [0.15, 0.2) is 63.8 Å². The molecule has 0 atom stereocenters. The molecule has 0 bridgehead atoms. The Labute approximate surface area is 165 Å². The molecule has 4 rings (SSSR count). The number of anilines is 2. The molecule has 3 aromatic rings. The minimum atomic E-state index is -0.321. The first kappa shape index (κ1) is 18.6. The molecule has 5 heteroatoms. The first-order valence-electron chi connectivity index (χ1n) is 10.0. The second kappa shape index (κ2) is 8.48. The molecule has 1 aliphatic heterocycles. The molecule has 1 aliphatic rings. The van der Waals surface area contributed by atoms with Crippen molar-refractivity contribution in [3.05, 3.63) is 70.6 Å². The zero-order valence-corrected chi connectivity index (χ0v) is 16.1. The summed E-state index contributed by atoms with van der Waals surface area (Å²) in [6.07, 6.45) is 3.11. The lowest BCUT2D eigenvalue weighted by molar-refractivity contribution is 0.253. The van der Waals surface area contributed by atoms with E-state index in [0.717, 1.165) is 68.6 Å². The molecule has 2 N–H and O–H groups in total. The predicted octanol–water partition coefficient (Wildman–Crippen LogP) is 3.52. The summed E-state index contributed by atoms with van der Waals surface area (Å²) in [7, 11) is 0. The number of piperazine rings is 1. The fraction of sp³-hybridized carbons (Fsp3) is 0.348. The second-order valence-electron chi connectivity index (χ2n) is 7.42. The van der Waals surface area contributed by atoms with Crippen molar-refractivity contribution in [2.24, 2.45) is 0 Å². The van der Waals surface area contributed by atoms with E-state index in [9.17, 15) is 4.79 Å². The van der Waals surface area contributed by atoms with Crippen LogP contribution < -0.4 is 16.3 Å². The molecule has 0 amide bonds. The Kier molecular flexibility index (Phi) is 5.63. The summed E-state index contributed by atoms with van der Waals surface area (Å²) in [4.78, 5) is 16.4. The van der Waals surface area contributed by atoms with E-state index >= 15 is 0 Å². The van der Waals surface area contributed by atoms with Crippen molar-refractivity contribution in [1.29, 1.82) is 0 Å². The Morgan fingerprint density at radius 3 is 2.46 bits per heavy atom. The molecule has 2 heterocycles. The van der Waals surface area contributed by atoms with Crippen LogP contribution in [-0.4, -0.2) is 37.6 Å². The number of hydrogen-bond donors (Lipinski definition) is 1. The first-order chi connectivity index (χ1) is 13.7. The lowest BCUT2D eigenvalue weighted by Gasteiger charge is -2.36. The Hall–Kier alpha value is -2.79. The molecule has 28 heavy (non-hydrogen) atoms. The molecule has 0 aliphatic carbocycles. The van der Waals surface area contributed by atoms with Crippen LogP contribution >= 0.6 is 0 Å². The highest BCUT2D eigenvalue weighted by Crippen LogP contribution is 2.25. The summed E-state index contributed by atoms with van der Waals surface area (Å²) in [5.41, 5.74) is 9.67. The summed E-state index contributed by atoms with van der Waals surface area (Å²) in [5.74, 6) is 0. The van der Waals surface area contributed by atoms with Gasteiger partial charge >= 0.3 is 5.63 Å². The number of aryl methyl sites for hydroxylation is 1. The summed E-state index contributed by atoms with van der Waals surface area (Å²) < 4.78 is 5.28. The molecule has 0 unspecified atom stereocenters. The van der Waals surface area contributed by atoms with Gasteiger partial charge in [-0.1, -0.05) is 18.2 Å². The van der Waals surface area contributed by atoms with E-state index in [1.165, 1.54) is 11.8 Å². The topological polar surface area (TPSA) is 62.7 Å². The minimum absolute atomic E-state index is 0.321. The van der Waals surface area contributed by atoms with Crippen LogP contribution in [0.3, 0.4) is 0 Å². The van der Waals surface area contributed by atoms with Crippen molar-refractivity contribution in [3.8, 4) is 0 Å². The maximum absolute atomic E-state index is 11.4. The van der Waals surface area contributed by atoms with Crippen molar-refractivity contribution in [2.75, 3.05) is 43.4 Å². The van der Waals surface area contributed by atoms with Gasteiger partial charge in [-0.3, -0.25) is 4.90 Å². The minimum Gasteiger partial charge on any atom is -0.423 e. The van der Waals surface area contributed by atoms with Crippen LogP contribution in [0.2, 0.25) is 0 Å². The highest BCUT2D eigenvalue weighted by atomic mass is 16.4. The van der Waals surface area contributed by atoms with E-state index in [1.807, 2.05) is 12.1 Å². The Morgan fingerprint density at radius 1 is 0.893 bits per heavy atom. The molecular weight excluding hydrogens is 350 g/mol. The van der Waals surface area contributed by atoms with Crippen molar-refractivity contribution < 1.29 is 4.42 Å². The van der Waals surface area contributed by atoms with Gasteiger partial charge in [0.05, 0.1) is 0 Å². The Balaban J connectivity index is 1.27. The Bertz CT molecular complexity index is 976. The zero-order chi connectivity index (χ0) is 19.3. The van der Waals surface area contributed by atoms with Gasteiger partial charge in [0.1, 0.15) is 5.58 Å². The highest BCUT2D eigenvalue weighted by Gasteiger charge is 2.16. The predicted molar refractivity (Wildman–Crippen MR) is 115 cm³/mol. The van der Waals surface area contributed by atoms with E-state index in [1.54, 1.807) is 6.07 Å². The van der Waals surface area contributed by atoms with Gasteiger partial charge in [0.25, 0.3) is 0 Å². The number of fused-ring (bicyclic) bond motifs is 1. The van der Waals surface area contributed by atoms with Gasteiger partial charge in [-0.25, -0.2) is 4.79 Å². The van der Waals surface area contributed by atoms with Crippen molar-refractivity contribution >= 4 is 22.3 Å². The summed E-state index contributed by atoms with van der Waals surface area (Å²) in [6, 6.07) is 17.6. The molecule has 1 aromatic heterocycles. The summed E-state index contributed by atoms with van der Waals surface area (Å²) >= 11 is 0. The summed E-state index contributed by atoms with van der Waals surface area (Å²) in [6.45, 7) is 5.49. The highest BCUT2D eigenvalue weighted by molar-refractivity contribution is 5.85. The maximum Gasteiger partial charge on any atom is 0.336 e. The van der Waals surface area contributed by atoms with Crippen LogP contribution in [-0.2, 0) is 6.42 Å². The fourth-order valence-electron chi connectivity index (χ4n) is 4.01. The third-order valence-electron chi connectivity index (χ3n) is 5.59. The number of benzene rings is 2. The SMILES string of the molecule is Nc1ccc2oc(=O)ccc2c1CCCCN1CCN(c2ccccc2)CC1. The van der Waals surface area contributed by atoms with Crippen LogP contribution in [0.25, 0.3) is 11.0 Å². The zero-order valence-electron chi connectivity index (χ0n) is 16.1. The van der Waals surface area contributed by atoms with E-state index in [2.05, 4.69) is 40.1 Å². The number of nitrogens with zero attached hydrogens (tertiary/aromatic N) is 2. The number of nitrogens with two attached hydrogens (primary N) is 1. The van der Waals surface area contributed by atoms with Crippen LogP contribution in [0.5, 0.6) is 0 Å². The number of hydrogen-bond acceptors (Lipinski definition) is 5. The lowest BCUT2D eigenvalue weighted by atomic mass is 10.0. The average Bonchev–Trinajstić information content (AvgIpc) is 2.73. The van der Waals surface area contributed by atoms with Crippen LogP contribution in [0.4, 0.5) is 11.4 Å². The van der Waals surface area contributed by atoms with Gasteiger partial charge in [0.2, 0.25) is 0 Å². The van der Waals surface area contributed by atoms with Crippen molar-refractivity contribution in [1.82, 2.24) is 4.90 Å². The number of rotatable bonds is 6. The number of nitrogen functional groups attached to an aromatic ring is 1. The van der Waals surface area contributed by atoms with Crippen molar-refractivity contribution in [2.45, 2.75) is 19.3 Å². The fourth-order valence-corrected chi connectivity index (χ4v) is 4.01. The van der Waals surface area contributed by atoms with Gasteiger partial charge in [0, 0.05) is 49.0 Å². The normalized spacial score (nSPS) is 15.2. The van der Waals surface area contributed by atoms with Crippen LogP contribution in [0, 0.1) is 0 Å². The van der Waals surface area contributed by atoms with Gasteiger partial charge in [-0.2, -0.15) is 0 Å².